The predicted molar refractivity (Wildman–Crippen MR) is 78.2 cm³/mol. The molecule has 4 heteroatoms. The molecule has 1 saturated heterocycles. The summed E-state index contributed by atoms with van der Waals surface area (Å²) < 4.78 is 0.0673. The maximum atomic E-state index is 5.89. The zero-order valence-electron chi connectivity index (χ0n) is 10.7. The Morgan fingerprint density at radius 2 is 1.88 bits per heavy atom. The van der Waals surface area contributed by atoms with E-state index in [-0.39, 0.29) is 4.75 Å². The molecule has 0 aromatic rings. The Morgan fingerprint density at radius 1 is 1.38 bits per heavy atom. The minimum atomic E-state index is 0.0673. The number of piperidine rings is 1. The van der Waals surface area contributed by atoms with Gasteiger partial charge in [-0.15, -0.1) is 0 Å². The van der Waals surface area contributed by atoms with Crippen LogP contribution in [0.25, 0.3) is 0 Å². The van der Waals surface area contributed by atoms with Crippen LogP contribution < -0.4 is 5.73 Å². The van der Waals surface area contributed by atoms with E-state index >= 15 is 0 Å². The molecule has 2 nitrogen and oxygen atoms in total. The second-order valence-corrected chi connectivity index (χ2v) is 6.20. The van der Waals surface area contributed by atoms with Crippen molar-refractivity contribution in [3.63, 3.8) is 0 Å². The highest BCUT2D eigenvalue weighted by atomic mass is 32.2. The number of thiocarbonyl (C=S) groups is 1. The fourth-order valence-corrected chi connectivity index (χ4v) is 3.85. The number of likely N-dealkylation sites (tertiary alicyclic amines) is 1. The molecule has 1 heterocycles. The lowest BCUT2D eigenvalue weighted by Crippen LogP contribution is -2.51. The molecule has 16 heavy (non-hydrogen) atoms. The zero-order valence-corrected chi connectivity index (χ0v) is 12.3. The normalized spacial score (nSPS) is 21.2. The predicted octanol–water partition coefficient (Wildman–Crippen LogP) is 2.66. The molecule has 0 radical (unpaired) electrons. The third kappa shape index (κ3) is 2.90. The van der Waals surface area contributed by atoms with Gasteiger partial charge in [-0.3, -0.25) is 0 Å². The SMILES string of the molecule is CCC(CC)N1CCC(SC)(C(N)=S)CC1. The summed E-state index contributed by atoms with van der Waals surface area (Å²) in [6, 6.07) is 0.742. The minimum absolute atomic E-state index is 0.0673. The lowest BCUT2D eigenvalue weighted by atomic mass is 9.93. The molecule has 1 rings (SSSR count). The Bertz CT molecular complexity index is 231. The van der Waals surface area contributed by atoms with Crippen molar-refractivity contribution in [3.05, 3.63) is 0 Å². The molecule has 0 aromatic heterocycles. The molecule has 0 aromatic carbocycles. The first-order valence-corrected chi connectivity index (χ1v) is 7.82. The average Bonchev–Trinajstić information content (AvgIpc) is 2.31. The largest absolute Gasteiger partial charge is 0.392 e. The van der Waals surface area contributed by atoms with Crippen LogP contribution in [0.15, 0.2) is 0 Å². The molecule has 94 valence electrons. The number of rotatable bonds is 5. The average molecular weight is 260 g/mol. The van der Waals surface area contributed by atoms with Crippen LogP contribution in [0.5, 0.6) is 0 Å². The van der Waals surface area contributed by atoms with E-state index in [1.165, 1.54) is 12.8 Å². The molecule has 1 fully saturated rings. The minimum Gasteiger partial charge on any atom is -0.392 e. The van der Waals surface area contributed by atoms with Gasteiger partial charge in [-0.1, -0.05) is 26.1 Å². The fraction of sp³-hybridized carbons (Fsp3) is 0.917. The molecule has 0 bridgehead atoms. The topological polar surface area (TPSA) is 29.3 Å². The van der Waals surface area contributed by atoms with Crippen molar-refractivity contribution in [1.29, 1.82) is 0 Å². The van der Waals surface area contributed by atoms with Crippen LogP contribution in [-0.2, 0) is 0 Å². The summed E-state index contributed by atoms with van der Waals surface area (Å²) in [5.41, 5.74) is 5.89. The van der Waals surface area contributed by atoms with E-state index in [9.17, 15) is 0 Å². The summed E-state index contributed by atoms with van der Waals surface area (Å²) in [4.78, 5) is 3.30. The van der Waals surface area contributed by atoms with E-state index in [1.807, 2.05) is 11.8 Å². The Kier molecular flexibility index (Phi) is 5.54. The number of hydrogen-bond acceptors (Lipinski definition) is 3. The fourth-order valence-electron chi connectivity index (χ4n) is 2.61. The van der Waals surface area contributed by atoms with E-state index in [4.69, 9.17) is 18.0 Å². The van der Waals surface area contributed by atoms with Crippen molar-refractivity contribution in [3.8, 4) is 0 Å². The van der Waals surface area contributed by atoms with Crippen LogP contribution in [0.4, 0.5) is 0 Å². The monoisotopic (exact) mass is 260 g/mol. The molecule has 0 unspecified atom stereocenters. The lowest BCUT2D eigenvalue weighted by Gasteiger charge is -2.42. The van der Waals surface area contributed by atoms with Crippen LogP contribution in [0.2, 0.25) is 0 Å². The summed E-state index contributed by atoms with van der Waals surface area (Å²) in [6.45, 7) is 6.84. The third-order valence-corrected chi connectivity index (χ3v) is 5.83. The molecular formula is C12H24N2S2. The van der Waals surface area contributed by atoms with Crippen molar-refractivity contribution in [1.82, 2.24) is 4.90 Å². The summed E-state index contributed by atoms with van der Waals surface area (Å²) in [5, 5.41) is 0. The molecule has 1 aliphatic rings. The standard InChI is InChI=1S/C12H24N2S2/c1-4-10(5-2)14-8-6-12(16-3,7-9-14)11(13)15/h10H,4-9H2,1-3H3,(H2,13,15). The van der Waals surface area contributed by atoms with E-state index in [0.717, 1.165) is 32.0 Å². The first-order valence-electron chi connectivity index (χ1n) is 6.18. The summed E-state index contributed by atoms with van der Waals surface area (Å²) in [7, 11) is 0. The lowest BCUT2D eigenvalue weighted by molar-refractivity contribution is 0.149. The first-order chi connectivity index (χ1) is 7.59. The quantitative estimate of drug-likeness (QED) is 0.770. The van der Waals surface area contributed by atoms with Crippen LogP contribution in [0.1, 0.15) is 39.5 Å². The van der Waals surface area contributed by atoms with Gasteiger partial charge in [0.15, 0.2) is 0 Å². The van der Waals surface area contributed by atoms with Crippen molar-refractivity contribution in [2.24, 2.45) is 5.73 Å². The van der Waals surface area contributed by atoms with Crippen molar-refractivity contribution < 1.29 is 0 Å². The van der Waals surface area contributed by atoms with Crippen LogP contribution in [-0.4, -0.2) is 40.0 Å². The number of thioether (sulfide) groups is 1. The molecule has 0 atom stereocenters. The first kappa shape index (κ1) is 14.3. The van der Waals surface area contributed by atoms with Gasteiger partial charge < -0.3 is 10.6 Å². The summed E-state index contributed by atoms with van der Waals surface area (Å²) in [6.07, 6.45) is 6.84. The van der Waals surface area contributed by atoms with Gasteiger partial charge in [-0.2, -0.15) is 11.8 Å². The van der Waals surface area contributed by atoms with E-state index in [0.29, 0.717) is 4.99 Å². The van der Waals surface area contributed by atoms with Crippen LogP contribution in [0, 0.1) is 0 Å². The Labute approximate surface area is 109 Å². The van der Waals surface area contributed by atoms with Crippen LogP contribution >= 0.6 is 24.0 Å². The van der Waals surface area contributed by atoms with Crippen LogP contribution in [0.3, 0.4) is 0 Å². The Hall–Kier alpha value is 0.200. The Balaban J connectivity index is 2.58. The smallest absolute Gasteiger partial charge is 0.0891 e. The second kappa shape index (κ2) is 6.22. The maximum Gasteiger partial charge on any atom is 0.0891 e. The van der Waals surface area contributed by atoms with E-state index in [1.54, 1.807) is 0 Å². The molecular weight excluding hydrogens is 236 g/mol. The van der Waals surface area contributed by atoms with Crippen molar-refractivity contribution >= 4 is 29.0 Å². The van der Waals surface area contributed by atoms with Gasteiger partial charge in [0.1, 0.15) is 0 Å². The third-order valence-electron chi connectivity index (χ3n) is 3.90. The second-order valence-electron chi connectivity index (χ2n) is 4.57. The molecule has 0 spiro atoms. The van der Waals surface area contributed by atoms with Crippen molar-refractivity contribution in [2.45, 2.75) is 50.3 Å². The highest BCUT2D eigenvalue weighted by Gasteiger charge is 2.37. The van der Waals surface area contributed by atoms with Gasteiger partial charge in [0, 0.05) is 19.1 Å². The highest BCUT2D eigenvalue weighted by molar-refractivity contribution is 8.01. The molecule has 1 aliphatic heterocycles. The Morgan fingerprint density at radius 3 is 2.19 bits per heavy atom. The molecule has 2 N–H and O–H groups in total. The van der Waals surface area contributed by atoms with Gasteiger partial charge in [-0.25, -0.2) is 0 Å². The summed E-state index contributed by atoms with van der Waals surface area (Å²) >= 11 is 7.06. The van der Waals surface area contributed by atoms with Gasteiger partial charge >= 0.3 is 0 Å². The highest BCUT2D eigenvalue weighted by Crippen LogP contribution is 2.35. The molecule has 0 saturated carbocycles. The van der Waals surface area contributed by atoms with Gasteiger partial charge in [0.25, 0.3) is 0 Å². The van der Waals surface area contributed by atoms with Crippen molar-refractivity contribution in [2.75, 3.05) is 19.3 Å². The molecule has 0 aliphatic carbocycles. The zero-order chi connectivity index (χ0) is 12.2. The molecule has 0 amide bonds. The van der Waals surface area contributed by atoms with Gasteiger partial charge in [0.05, 0.1) is 9.74 Å². The number of nitrogens with two attached hydrogens (primary N) is 1. The van der Waals surface area contributed by atoms with E-state index in [2.05, 4.69) is 25.0 Å². The van der Waals surface area contributed by atoms with Gasteiger partial charge in [-0.05, 0) is 31.9 Å². The summed E-state index contributed by atoms with van der Waals surface area (Å²) in [5.74, 6) is 0. The number of hydrogen-bond donors (Lipinski definition) is 1. The van der Waals surface area contributed by atoms with Gasteiger partial charge in [0.2, 0.25) is 0 Å². The maximum absolute atomic E-state index is 5.89. The van der Waals surface area contributed by atoms with E-state index < -0.39 is 0 Å². The number of nitrogens with zero attached hydrogens (tertiary/aromatic N) is 1.